The predicted octanol–water partition coefficient (Wildman–Crippen LogP) is 5.77. The fourth-order valence-corrected chi connectivity index (χ4v) is 8.71. The summed E-state index contributed by atoms with van der Waals surface area (Å²) in [6, 6.07) is 0. The Morgan fingerprint density at radius 3 is 2.11 bits per heavy atom. The van der Waals surface area contributed by atoms with Gasteiger partial charge in [-0.1, -0.05) is 44.9 Å². The molecule has 0 aromatic rings. The minimum atomic E-state index is -0.934. The maximum absolute atomic E-state index is 11.7. The van der Waals surface area contributed by atoms with Crippen molar-refractivity contribution in [1.82, 2.24) is 0 Å². The lowest BCUT2D eigenvalue weighted by Crippen LogP contribution is -2.52. The summed E-state index contributed by atoms with van der Waals surface area (Å²) in [6.07, 6.45) is 9.75. The zero-order valence-corrected chi connectivity index (χ0v) is 26.9. The smallest absolute Gasteiger partial charge is 0.334 e. The van der Waals surface area contributed by atoms with E-state index in [4.69, 9.17) is 19.3 Å². The van der Waals surface area contributed by atoms with Crippen LogP contribution in [0.1, 0.15) is 71.6 Å². The van der Waals surface area contributed by atoms with Crippen LogP contribution in [0.15, 0.2) is 72.4 Å². The Kier molecular flexibility index (Phi) is 8.92. The summed E-state index contributed by atoms with van der Waals surface area (Å²) in [5, 5.41) is 8.49. The number of rotatable bonds is 2. The molecule has 46 heavy (non-hydrogen) atoms. The Morgan fingerprint density at radius 1 is 0.848 bits per heavy atom. The van der Waals surface area contributed by atoms with E-state index < -0.39 is 17.9 Å². The van der Waals surface area contributed by atoms with Crippen LogP contribution in [0.2, 0.25) is 0 Å². The monoisotopic (exact) mass is 632 g/mol. The molecule has 3 saturated heterocycles. The molecule has 8 atom stereocenters. The van der Waals surface area contributed by atoms with Crippen molar-refractivity contribution in [1.29, 1.82) is 0 Å². The van der Waals surface area contributed by atoms with Crippen LogP contribution < -0.4 is 0 Å². The first-order chi connectivity index (χ1) is 21.7. The molecular formula is C37H44O9. The third-order valence-corrected chi connectivity index (χ3v) is 11.5. The summed E-state index contributed by atoms with van der Waals surface area (Å²) in [4.78, 5) is 56.2. The molecule has 246 valence electrons. The highest BCUT2D eigenvalue weighted by molar-refractivity contribution is 6.02. The third kappa shape index (κ3) is 5.52. The normalized spacial score (nSPS) is 37.7. The average Bonchev–Trinajstić information content (AvgIpc) is 3.61. The molecule has 6 fully saturated rings. The number of carboxylic acids is 1. The van der Waals surface area contributed by atoms with Crippen molar-refractivity contribution in [2.45, 2.75) is 83.8 Å². The second kappa shape index (κ2) is 12.3. The molecule has 3 aliphatic heterocycles. The number of hydrogen-bond donors (Lipinski definition) is 1. The molecule has 0 aromatic carbocycles. The summed E-state index contributed by atoms with van der Waals surface area (Å²) < 4.78 is 16.2. The van der Waals surface area contributed by atoms with Gasteiger partial charge in [0.05, 0.1) is 5.92 Å². The predicted molar refractivity (Wildman–Crippen MR) is 169 cm³/mol. The Labute approximate surface area is 270 Å². The van der Waals surface area contributed by atoms with Gasteiger partial charge in [-0.05, 0) is 69.3 Å². The molecule has 3 heterocycles. The summed E-state index contributed by atoms with van der Waals surface area (Å²) in [5.41, 5.74) is 4.63. The maximum Gasteiger partial charge on any atom is 0.334 e. The van der Waals surface area contributed by atoms with Gasteiger partial charge in [-0.25, -0.2) is 14.4 Å². The second-order valence-electron chi connectivity index (χ2n) is 14.0. The fourth-order valence-electron chi connectivity index (χ4n) is 8.71. The van der Waals surface area contributed by atoms with Crippen LogP contribution in [-0.4, -0.2) is 53.6 Å². The number of esters is 3. The number of cyclic esters (lactones) is 1. The van der Waals surface area contributed by atoms with E-state index in [1.54, 1.807) is 0 Å². The maximum atomic E-state index is 11.7. The van der Waals surface area contributed by atoms with E-state index in [-0.39, 0.29) is 70.7 Å². The standard InChI is InChI=1S/C15H16O4.C15H20O2.C7H8O3/c1-4-15-6-5-10-8(2)14(17)19-12(10)11(15)9(3)13(16)18-7-15;1-9-5-4-7-15(3)8-6-11-10(2)14(16)17-13(11)12(9)15;1-4-5(7(9)10)2-3-6(4)8/h4,10-12H,1-3,5-7H2;11,13H,2,4-8H2,1,3H3;5H,1-3H2,(H,9,10)/t10?,11-,12+,15-;11?,13-,15-;5-/m111/s1. The number of ether oxygens (including phenoxy) is 3. The van der Waals surface area contributed by atoms with Gasteiger partial charge in [0.15, 0.2) is 5.78 Å². The number of carbonyl (C=O) groups excluding carboxylic acids is 4. The Morgan fingerprint density at radius 2 is 1.50 bits per heavy atom. The van der Waals surface area contributed by atoms with E-state index in [1.165, 1.54) is 30.4 Å². The molecule has 1 N–H and O–H groups in total. The topological polar surface area (TPSA) is 133 Å². The Hall–Kier alpha value is -4.01. The van der Waals surface area contributed by atoms with E-state index in [0.717, 1.165) is 25.7 Å². The van der Waals surface area contributed by atoms with Gasteiger partial charge in [-0.15, -0.1) is 6.58 Å². The van der Waals surface area contributed by atoms with Gasteiger partial charge < -0.3 is 19.3 Å². The lowest BCUT2D eigenvalue weighted by atomic mass is 9.58. The quantitative estimate of drug-likeness (QED) is 0.174. The molecule has 0 spiro atoms. The molecule has 0 radical (unpaired) electrons. The summed E-state index contributed by atoms with van der Waals surface area (Å²) in [5.74, 6) is -2.61. The molecule has 0 amide bonds. The first kappa shape index (κ1) is 33.4. The number of carbonyl (C=O) groups is 5. The van der Waals surface area contributed by atoms with E-state index in [0.29, 0.717) is 29.6 Å². The van der Waals surface area contributed by atoms with Gasteiger partial charge in [0, 0.05) is 51.9 Å². The van der Waals surface area contributed by atoms with E-state index >= 15 is 0 Å². The fraction of sp³-hybridized carbons (Fsp3) is 0.541. The minimum absolute atomic E-state index is 0.00838. The lowest BCUT2D eigenvalue weighted by molar-refractivity contribution is -0.161. The zero-order chi connectivity index (χ0) is 33.7. The Bertz CT molecular complexity index is 1500. The highest BCUT2D eigenvalue weighted by atomic mass is 16.6. The number of Topliss-reactive ketones (excluding diaryl/α,β-unsaturated/α-hetero) is 1. The zero-order valence-electron chi connectivity index (χ0n) is 26.9. The SMILES string of the molecule is C=C1C(=O)CC[C@H]1C(=O)O.C=C1C(=O)O[C@H]2C3=C(C)CCC[C@]3(C)CCC12.C=C[C@]12CCC3C(=C)C(=O)O[C@@H]3[C@H]1C(=C)C(=O)OC2. The van der Waals surface area contributed by atoms with Crippen LogP contribution in [0.3, 0.4) is 0 Å². The van der Waals surface area contributed by atoms with Crippen LogP contribution in [0.5, 0.6) is 0 Å². The second-order valence-corrected chi connectivity index (χ2v) is 14.0. The van der Waals surface area contributed by atoms with Crippen molar-refractivity contribution in [2.24, 2.45) is 34.5 Å². The van der Waals surface area contributed by atoms with Crippen molar-refractivity contribution in [2.75, 3.05) is 6.61 Å². The number of hydrogen-bond acceptors (Lipinski definition) is 8. The number of fused-ring (bicyclic) bond motifs is 6. The number of ketones is 1. The number of aliphatic carboxylic acids is 1. The lowest BCUT2D eigenvalue weighted by Gasteiger charge is -2.48. The summed E-state index contributed by atoms with van der Waals surface area (Å²) in [6.45, 7) is 23.7. The van der Waals surface area contributed by atoms with E-state index in [1.807, 2.05) is 6.08 Å². The minimum Gasteiger partial charge on any atom is -0.481 e. The first-order valence-electron chi connectivity index (χ1n) is 16.1. The molecule has 9 heteroatoms. The molecule has 0 aromatic heterocycles. The van der Waals surface area contributed by atoms with Crippen molar-refractivity contribution in [3.63, 3.8) is 0 Å². The van der Waals surface area contributed by atoms with Crippen molar-refractivity contribution < 1.29 is 43.3 Å². The highest BCUT2D eigenvalue weighted by Crippen LogP contribution is 2.56. The van der Waals surface area contributed by atoms with Crippen molar-refractivity contribution in [3.8, 4) is 0 Å². The number of carboxylic acid groups (broad SMARTS) is 1. The molecular weight excluding hydrogens is 588 g/mol. The van der Waals surface area contributed by atoms with E-state index in [2.05, 4.69) is 46.7 Å². The Balaban J connectivity index is 0.000000143. The summed E-state index contributed by atoms with van der Waals surface area (Å²) >= 11 is 0. The molecule has 2 unspecified atom stereocenters. The van der Waals surface area contributed by atoms with Crippen molar-refractivity contribution >= 4 is 29.7 Å². The molecule has 4 aliphatic carbocycles. The van der Waals surface area contributed by atoms with Gasteiger partial charge >= 0.3 is 23.9 Å². The molecule has 3 saturated carbocycles. The van der Waals surface area contributed by atoms with Gasteiger partial charge in [0.1, 0.15) is 18.8 Å². The van der Waals surface area contributed by atoms with Gasteiger partial charge in [-0.3, -0.25) is 9.59 Å². The van der Waals surface area contributed by atoms with Crippen LogP contribution >= 0.6 is 0 Å². The van der Waals surface area contributed by atoms with E-state index in [9.17, 15) is 24.0 Å². The van der Waals surface area contributed by atoms with Crippen LogP contribution in [0.4, 0.5) is 0 Å². The largest absolute Gasteiger partial charge is 0.481 e. The van der Waals surface area contributed by atoms with Gasteiger partial charge in [0.25, 0.3) is 0 Å². The van der Waals surface area contributed by atoms with Gasteiger partial charge in [0.2, 0.25) is 0 Å². The van der Waals surface area contributed by atoms with Crippen LogP contribution in [-0.2, 0) is 38.2 Å². The van der Waals surface area contributed by atoms with Gasteiger partial charge in [-0.2, -0.15) is 0 Å². The summed E-state index contributed by atoms with van der Waals surface area (Å²) in [7, 11) is 0. The number of allylic oxidation sites excluding steroid dienone is 1. The van der Waals surface area contributed by atoms with Crippen LogP contribution in [0.25, 0.3) is 0 Å². The average molecular weight is 633 g/mol. The third-order valence-electron chi connectivity index (χ3n) is 11.5. The van der Waals surface area contributed by atoms with Crippen molar-refractivity contribution in [3.05, 3.63) is 72.4 Å². The first-order valence-corrected chi connectivity index (χ1v) is 16.1. The van der Waals surface area contributed by atoms with Crippen LogP contribution in [0, 0.1) is 34.5 Å². The molecule has 7 rings (SSSR count). The highest BCUT2D eigenvalue weighted by Gasteiger charge is 2.58. The molecule has 9 nitrogen and oxygen atoms in total. The molecule has 0 bridgehead atoms. The molecule has 7 aliphatic rings.